The van der Waals surface area contributed by atoms with Crippen LogP contribution in [0.4, 0.5) is 5.69 Å². The van der Waals surface area contributed by atoms with Gasteiger partial charge in [0.2, 0.25) is 0 Å². The highest BCUT2D eigenvalue weighted by molar-refractivity contribution is 14.0. The number of rotatable bonds is 6. The highest BCUT2D eigenvalue weighted by Gasteiger charge is 2.21. The molecule has 0 bridgehead atoms. The number of benzene rings is 1. The minimum Gasteiger partial charge on any atom is -0.495 e. The lowest BCUT2D eigenvalue weighted by Crippen LogP contribution is -2.52. The highest BCUT2D eigenvalue weighted by atomic mass is 127. The van der Waals surface area contributed by atoms with Crippen LogP contribution in [0.25, 0.3) is 0 Å². The van der Waals surface area contributed by atoms with E-state index in [2.05, 4.69) is 51.3 Å². The van der Waals surface area contributed by atoms with Crippen molar-refractivity contribution >= 4 is 35.6 Å². The van der Waals surface area contributed by atoms with Crippen molar-refractivity contribution in [2.45, 2.75) is 20.3 Å². The first-order valence-electron chi connectivity index (χ1n) is 10.0. The third-order valence-corrected chi connectivity index (χ3v) is 4.97. The number of nitrogens with zero attached hydrogens (tertiary/aromatic N) is 4. The maximum atomic E-state index is 5.52. The van der Waals surface area contributed by atoms with E-state index in [0.717, 1.165) is 63.1 Å². The van der Waals surface area contributed by atoms with Gasteiger partial charge in [0, 0.05) is 51.2 Å². The van der Waals surface area contributed by atoms with Crippen molar-refractivity contribution in [2.75, 3.05) is 51.3 Å². The molecular weight excluding hydrogens is 477 g/mol. The van der Waals surface area contributed by atoms with Gasteiger partial charge in [0.05, 0.1) is 12.8 Å². The Balaban J connectivity index is 0.00000300. The third-order valence-electron chi connectivity index (χ3n) is 4.97. The van der Waals surface area contributed by atoms with E-state index in [0.29, 0.717) is 0 Å². The van der Waals surface area contributed by atoms with E-state index in [-0.39, 0.29) is 24.0 Å². The smallest absolute Gasteiger partial charge is 0.194 e. The largest absolute Gasteiger partial charge is 0.495 e. The summed E-state index contributed by atoms with van der Waals surface area (Å²) < 4.78 is 5.52. The highest BCUT2D eigenvalue weighted by Crippen LogP contribution is 2.28. The molecule has 1 fully saturated rings. The molecule has 1 N–H and O–H groups in total. The lowest BCUT2D eigenvalue weighted by Gasteiger charge is -2.38. The van der Waals surface area contributed by atoms with Crippen LogP contribution >= 0.6 is 24.0 Å². The summed E-state index contributed by atoms with van der Waals surface area (Å²) in [7, 11) is 1.73. The van der Waals surface area contributed by atoms with Crippen LogP contribution in [0, 0.1) is 6.92 Å². The van der Waals surface area contributed by atoms with Gasteiger partial charge >= 0.3 is 0 Å². The van der Waals surface area contributed by atoms with Crippen molar-refractivity contribution in [3.63, 3.8) is 0 Å². The average Bonchev–Trinajstić information content (AvgIpc) is 2.74. The molecule has 29 heavy (non-hydrogen) atoms. The quantitative estimate of drug-likeness (QED) is 0.368. The molecule has 6 nitrogen and oxygen atoms in total. The van der Waals surface area contributed by atoms with Gasteiger partial charge in [-0.3, -0.25) is 9.98 Å². The zero-order valence-electron chi connectivity index (χ0n) is 17.6. The fourth-order valence-electron chi connectivity index (χ4n) is 3.41. The molecule has 3 rings (SSSR count). The molecule has 1 aromatic carbocycles. The van der Waals surface area contributed by atoms with Gasteiger partial charge in [-0.15, -0.1) is 24.0 Å². The number of aliphatic imine (C=N–C) groups is 1. The molecule has 1 aliphatic heterocycles. The van der Waals surface area contributed by atoms with E-state index in [1.54, 1.807) is 7.11 Å². The van der Waals surface area contributed by atoms with Crippen molar-refractivity contribution in [3.05, 3.63) is 53.9 Å². The van der Waals surface area contributed by atoms with E-state index in [9.17, 15) is 0 Å². The van der Waals surface area contributed by atoms with Crippen LogP contribution in [-0.2, 0) is 6.42 Å². The summed E-state index contributed by atoms with van der Waals surface area (Å²) in [6.07, 6.45) is 2.85. The van der Waals surface area contributed by atoms with Crippen LogP contribution < -0.4 is 15.0 Å². The molecule has 1 saturated heterocycles. The number of halogens is 1. The second-order valence-electron chi connectivity index (χ2n) is 6.94. The Morgan fingerprint density at radius 2 is 1.90 bits per heavy atom. The molecule has 0 saturated carbocycles. The lowest BCUT2D eigenvalue weighted by atomic mass is 10.2. The van der Waals surface area contributed by atoms with E-state index in [1.807, 2.05) is 25.3 Å². The van der Waals surface area contributed by atoms with Gasteiger partial charge in [-0.1, -0.05) is 18.2 Å². The van der Waals surface area contributed by atoms with Gasteiger partial charge in [0.15, 0.2) is 5.96 Å². The molecule has 0 radical (unpaired) electrons. The minimum absolute atomic E-state index is 0. The first-order valence-corrected chi connectivity index (χ1v) is 10.0. The van der Waals surface area contributed by atoms with Crippen molar-refractivity contribution in [3.8, 4) is 5.75 Å². The van der Waals surface area contributed by atoms with Crippen LogP contribution in [0.1, 0.15) is 18.2 Å². The second-order valence-corrected chi connectivity index (χ2v) is 6.94. The SMILES string of the molecule is CCNC(=NCCc1ccc(C)nc1)N1CCN(c2ccccc2OC)CC1.I. The summed E-state index contributed by atoms with van der Waals surface area (Å²) in [6.45, 7) is 9.54. The monoisotopic (exact) mass is 509 g/mol. The first-order chi connectivity index (χ1) is 13.7. The number of para-hydroxylation sites is 2. The summed E-state index contributed by atoms with van der Waals surface area (Å²) in [5.41, 5.74) is 3.44. The number of pyridine rings is 1. The van der Waals surface area contributed by atoms with Gasteiger partial charge in [-0.05, 0) is 44.0 Å². The van der Waals surface area contributed by atoms with Crippen molar-refractivity contribution in [1.29, 1.82) is 0 Å². The topological polar surface area (TPSA) is 53.0 Å². The fourth-order valence-corrected chi connectivity index (χ4v) is 3.41. The Labute approximate surface area is 191 Å². The predicted octanol–water partition coefficient (Wildman–Crippen LogP) is 3.35. The number of anilines is 1. The number of ether oxygens (including phenoxy) is 1. The molecule has 0 atom stereocenters. The number of guanidine groups is 1. The molecule has 0 spiro atoms. The average molecular weight is 509 g/mol. The number of nitrogens with one attached hydrogen (secondary N) is 1. The molecule has 1 aromatic heterocycles. The van der Waals surface area contributed by atoms with Crippen LogP contribution in [0.5, 0.6) is 5.75 Å². The summed E-state index contributed by atoms with van der Waals surface area (Å²) in [5.74, 6) is 1.94. The van der Waals surface area contributed by atoms with Gasteiger partial charge < -0.3 is 19.9 Å². The Kier molecular flexibility index (Phi) is 9.50. The fraction of sp³-hybridized carbons (Fsp3) is 0.455. The Morgan fingerprint density at radius 1 is 1.14 bits per heavy atom. The summed E-state index contributed by atoms with van der Waals surface area (Å²) in [6, 6.07) is 12.4. The Hall–Kier alpha value is -2.03. The van der Waals surface area contributed by atoms with E-state index >= 15 is 0 Å². The molecule has 0 aliphatic carbocycles. The normalized spacial score (nSPS) is 14.4. The van der Waals surface area contributed by atoms with Crippen LogP contribution in [0.3, 0.4) is 0 Å². The molecule has 0 unspecified atom stereocenters. The zero-order valence-corrected chi connectivity index (χ0v) is 19.9. The van der Waals surface area contributed by atoms with E-state index in [1.165, 1.54) is 11.3 Å². The minimum atomic E-state index is 0. The van der Waals surface area contributed by atoms with Crippen LogP contribution in [-0.4, -0.2) is 62.2 Å². The van der Waals surface area contributed by atoms with E-state index < -0.39 is 0 Å². The van der Waals surface area contributed by atoms with Crippen LogP contribution in [0.2, 0.25) is 0 Å². The summed E-state index contributed by atoms with van der Waals surface area (Å²) in [4.78, 5) is 13.9. The number of piperazine rings is 1. The second kappa shape index (κ2) is 11.8. The van der Waals surface area contributed by atoms with Crippen molar-refractivity contribution in [2.24, 2.45) is 4.99 Å². The van der Waals surface area contributed by atoms with Gasteiger partial charge in [0.25, 0.3) is 0 Å². The Bertz CT molecular complexity index is 773. The zero-order chi connectivity index (χ0) is 19.8. The maximum absolute atomic E-state index is 5.52. The standard InChI is InChI=1S/C22H31N5O.HI/c1-4-23-22(24-12-11-19-10-9-18(2)25-17-19)27-15-13-26(14-16-27)20-7-5-6-8-21(20)28-3;/h5-10,17H,4,11-16H2,1-3H3,(H,23,24);1H. The number of hydrogen-bond donors (Lipinski definition) is 1. The van der Waals surface area contributed by atoms with Gasteiger partial charge in [-0.2, -0.15) is 0 Å². The summed E-state index contributed by atoms with van der Waals surface area (Å²) >= 11 is 0. The number of aromatic nitrogens is 1. The first kappa shape index (κ1) is 23.3. The molecule has 2 heterocycles. The van der Waals surface area contributed by atoms with Gasteiger partial charge in [0.1, 0.15) is 5.75 Å². The number of aryl methyl sites for hydroxylation is 1. The number of methoxy groups -OCH3 is 1. The molecule has 7 heteroatoms. The predicted molar refractivity (Wildman–Crippen MR) is 131 cm³/mol. The van der Waals surface area contributed by atoms with Crippen LogP contribution in [0.15, 0.2) is 47.6 Å². The van der Waals surface area contributed by atoms with E-state index in [4.69, 9.17) is 9.73 Å². The molecular formula is C22H32IN5O. The molecule has 1 aliphatic rings. The summed E-state index contributed by atoms with van der Waals surface area (Å²) in [5, 5.41) is 3.44. The maximum Gasteiger partial charge on any atom is 0.194 e. The Morgan fingerprint density at radius 3 is 2.55 bits per heavy atom. The number of hydrogen-bond acceptors (Lipinski definition) is 4. The molecule has 0 amide bonds. The third kappa shape index (κ3) is 6.48. The lowest BCUT2D eigenvalue weighted by molar-refractivity contribution is 0.367. The van der Waals surface area contributed by atoms with Crippen molar-refractivity contribution < 1.29 is 4.74 Å². The van der Waals surface area contributed by atoms with Crippen molar-refractivity contribution in [1.82, 2.24) is 15.2 Å². The van der Waals surface area contributed by atoms with Gasteiger partial charge in [-0.25, -0.2) is 0 Å². The molecule has 158 valence electrons. The molecule has 2 aromatic rings.